The molecular formula is C11H14BrFO2. The molecule has 0 spiro atoms. The molecule has 1 N–H and O–H groups in total. The van der Waals surface area contributed by atoms with Gasteiger partial charge in [-0.2, -0.15) is 0 Å². The number of benzene rings is 1. The van der Waals surface area contributed by atoms with Crippen LogP contribution in [-0.2, 0) is 6.42 Å². The first-order chi connectivity index (χ1) is 7.11. The Balaban J connectivity index is 3.18. The second kappa shape index (κ2) is 5.47. The van der Waals surface area contributed by atoms with Gasteiger partial charge in [0.15, 0.2) is 11.6 Å². The molecule has 0 aromatic heterocycles. The zero-order valence-corrected chi connectivity index (χ0v) is 10.4. The lowest BCUT2D eigenvalue weighted by Crippen LogP contribution is -2.01. The summed E-state index contributed by atoms with van der Waals surface area (Å²) in [6.07, 6.45) is 1.22. The van der Waals surface area contributed by atoms with Crippen LogP contribution < -0.4 is 4.74 Å². The standard InChI is InChI=1S/C11H14BrFO2/c1-7-8(4-3-5-14)11(15-2)10(13)6-9(7)12/h6,14H,3-5H2,1-2H3. The molecule has 0 amide bonds. The van der Waals surface area contributed by atoms with E-state index in [1.54, 1.807) is 0 Å². The normalized spacial score (nSPS) is 10.5. The second-order valence-corrected chi connectivity index (χ2v) is 4.16. The van der Waals surface area contributed by atoms with Crippen LogP contribution in [0.15, 0.2) is 10.5 Å². The van der Waals surface area contributed by atoms with E-state index in [1.165, 1.54) is 13.2 Å². The molecule has 4 heteroatoms. The van der Waals surface area contributed by atoms with Gasteiger partial charge in [0.2, 0.25) is 0 Å². The Labute approximate surface area is 97.2 Å². The summed E-state index contributed by atoms with van der Waals surface area (Å²) in [4.78, 5) is 0. The van der Waals surface area contributed by atoms with Gasteiger partial charge >= 0.3 is 0 Å². The van der Waals surface area contributed by atoms with Crippen LogP contribution in [0.25, 0.3) is 0 Å². The Hall–Kier alpha value is -0.610. The fraction of sp³-hybridized carbons (Fsp3) is 0.455. The van der Waals surface area contributed by atoms with Gasteiger partial charge in [0.25, 0.3) is 0 Å². The van der Waals surface area contributed by atoms with E-state index in [4.69, 9.17) is 9.84 Å². The van der Waals surface area contributed by atoms with Crippen molar-refractivity contribution in [2.45, 2.75) is 19.8 Å². The summed E-state index contributed by atoms with van der Waals surface area (Å²) < 4.78 is 19.3. The average molecular weight is 277 g/mol. The van der Waals surface area contributed by atoms with Crippen molar-refractivity contribution in [1.29, 1.82) is 0 Å². The number of methoxy groups -OCH3 is 1. The SMILES string of the molecule is COc1c(F)cc(Br)c(C)c1CCCO. The zero-order chi connectivity index (χ0) is 11.4. The Morgan fingerprint density at radius 1 is 1.53 bits per heavy atom. The average Bonchev–Trinajstić information content (AvgIpc) is 2.21. The van der Waals surface area contributed by atoms with Crippen LogP contribution in [0.4, 0.5) is 4.39 Å². The number of hydrogen-bond donors (Lipinski definition) is 1. The van der Waals surface area contributed by atoms with Gasteiger partial charge in [-0.25, -0.2) is 4.39 Å². The largest absolute Gasteiger partial charge is 0.493 e. The highest BCUT2D eigenvalue weighted by molar-refractivity contribution is 9.10. The van der Waals surface area contributed by atoms with Crippen molar-refractivity contribution in [3.63, 3.8) is 0 Å². The Bertz CT molecular complexity index is 353. The Morgan fingerprint density at radius 2 is 2.20 bits per heavy atom. The maximum absolute atomic E-state index is 13.5. The Kier molecular flexibility index (Phi) is 4.54. The lowest BCUT2D eigenvalue weighted by atomic mass is 10.0. The minimum Gasteiger partial charge on any atom is -0.493 e. The van der Waals surface area contributed by atoms with Crippen LogP contribution >= 0.6 is 15.9 Å². The molecule has 0 aliphatic carbocycles. The lowest BCUT2D eigenvalue weighted by molar-refractivity contribution is 0.287. The third-order valence-corrected chi connectivity index (χ3v) is 3.17. The van der Waals surface area contributed by atoms with Crippen LogP contribution in [0.2, 0.25) is 0 Å². The molecule has 0 heterocycles. The highest BCUT2D eigenvalue weighted by Crippen LogP contribution is 2.32. The number of ether oxygens (including phenoxy) is 1. The van der Waals surface area contributed by atoms with Crippen molar-refractivity contribution >= 4 is 15.9 Å². The van der Waals surface area contributed by atoms with E-state index in [1.807, 2.05) is 6.92 Å². The van der Waals surface area contributed by atoms with Crippen molar-refractivity contribution in [2.24, 2.45) is 0 Å². The number of aliphatic hydroxyl groups excluding tert-OH is 1. The molecule has 0 bridgehead atoms. The molecule has 0 fully saturated rings. The number of aliphatic hydroxyl groups is 1. The molecule has 0 saturated carbocycles. The third-order valence-electron chi connectivity index (χ3n) is 2.34. The molecule has 84 valence electrons. The van der Waals surface area contributed by atoms with Crippen molar-refractivity contribution in [3.8, 4) is 5.75 Å². The van der Waals surface area contributed by atoms with Crippen molar-refractivity contribution < 1.29 is 14.2 Å². The molecule has 1 rings (SSSR count). The first-order valence-electron chi connectivity index (χ1n) is 4.74. The quantitative estimate of drug-likeness (QED) is 0.917. The maximum atomic E-state index is 13.5. The summed E-state index contributed by atoms with van der Waals surface area (Å²) >= 11 is 3.29. The number of halogens is 2. The topological polar surface area (TPSA) is 29.5 Å². The summed E-state index contributed by atoms with van der Waals surface area (Å²) in [5.74, 6) is -0.0907. The highest BCUT2D eigenvalue weighted by Gasteiger charge is 2.14. The van der Waals surface area contributed by atoms with E-state index in [-0.39, 0.29) is 18.2 Å². The molecule has 15 heavy (non-hydrogen) atoms. The van der Waals surface area contributed by atoms with Gasteiger partial charge in [-0.3, -0.25) is 0 Å². The summed E-state index contributed by atoms with van der Waals surface area (Å²) in [7, 11) is 1.45. The first-order valence-corrected chi connectivity index (χ1v) is 5.53. The molecular weight excluding hydrogens is 263 g/mol. The summed E-state index contributed by atoms with van der Waals surface area (Å²) in [5.41, 5.74) is 1.78. The van der Waals surface area contributed by atoms with Crippen molar-refractivity contribution in [1.82, 2.24) is 0 Å². The number of hydrogen-bond acceptors (Lipinski definition) is 2. The molecule has 0 unspecified atom stereocenters. The molecule has 0 atom stereocenters. The van der Waals surface area contributed by atoms with Crippen LogP contribution in [0, 0.1) is 12.7 Å². The first kappa shape index (κ1) is 12.5. The van der Waals surface area contributed by atoms with E-state index in [9.17, 15) is 4.39 Å². The van der Waals surface area contributed by atoms with Gasteiger partial charge in [-0.15, -0.1) is 0 Å². The molecule has 0 saturated heterocycles. The summed E-state index contributed by atoms with van der Waals surface area (Å²) in [6, 6.07) is 1.40. The van der Waals surface area contributed by atoms with Crippen LogP contribution in [-0.4, -0.2) is 18.8 Å². The van der Waals surface area contributed by atoms with Gasteiger partial charge in [0.05, 0.1) is 7.11 Å². The van der Waals surface area contributed by atoms with E-state index in [0.717, 1.165) is 15.6 Å². The predicted molar refractivity (Wildman–Crippen MR) is 60.8 cm³/mol. The van der Waals surface area contributed by atoms with Gasteiger partial charge in [0, 0.05) is 16.6 Å². The summed E-state index contributed by atoms with van der Waals surface area (Å²) in [5, 5.41) is 8.77. The van der Waals surface area contributed by atoms with E-state index in [0.29, 0.717) is 12.8 Å². The zero-order valence-electron chi connectivity index (χ0n) is 8.81. The molecule has 1 aromatic rings. The molecule has 2 nitrogen and oxygen atoms in total. The van der Waals surface area contributed by atoms with E-state index in [2.05, 4.69) is 15.9 Å². The predicted octanol–water partition coefficient (Wildman–Crippen LogP) is 2.83. The van der Waals surface area contributed by atoms with Crippen LogP contribution in [0.5, 0.6) is 5.75 Å². The van der Waals surface area contributed by atoms with E-state index >= 15 is 0 Å². The monoisotopic (exact) mass is 276 g/mol. The maximum Gasteiger partial charge on any atom is 0.166 e. The second-order valence-electron chi connectivity index (χ2n) is 3.30. The van der Waals surface area contributed by atoms with Crippen molar-refractivity contribution in [3.05, 3.63) is 27.5 Å². The van der Waals surface area contributed by atoms with Gasteiger partial charge in [0.1, 0.15) is 0 Å². The minimum atomic E-state index is -0.372. The Morgan fingerprint density at radius 3 is 2.73 bits per heavy atom. The molecule has 0 aliphatic rings. The van der Waals surface area contributed by atoms with Crippen molar-refractivity contribution in [2.75, 3.05) is 13.7 Å². The fourth-order valence-corrected chi connectivity index (χ4v) is 1.96. The molecule has 0 aliphatic heterocycles. The van der Waals surface area contributed by atoms with Gasteiger partial charge in [-0.05, 0) is 31.4 Å². The third kappa shape index (κ3) is 2.69. The van der Waals surface area contributed by atoms with E-state index < -0.39 is 0 Å². The number of rotatable bonds is 4. The van der Waals surface area contributed by atoms with Gasteiger partial charge < -0.3 is 9.84 Å². The highest BCUT2D eigenvalue weighted by atomic mass is 79.9. The minimum absolute atomic E-state index is 0.0940. The molecule has 1 aromatic carbocycles. The van der Waals surface area contributed by atoms with Crippen LogP contribution in [0.3, 0.4) is 0 Å². The molecule has 0 radical (unpaired) electrons. The lowest BCUT2D eigenvalue weighted by Gasteiger charge is -2.13. The fourth-order valence-electron chi connectivity index (χ4n) is 1.52. The van der Waals surface area contributed by atoms with Gasteiger partial charge in [-0.1, -0.05) is 15.9 Å². The smallest absolute Gasteiger partial charge is 0.166 e. The van der Waals surface area contributed by atoms with Crippen LogP contribution in [0.1, 0.15) is 17.5 Å². The summed E-state index contributed by atoms with van der Waals surface area (Å²) in [6.45, 7) is 2.00.